The molecule has 158 valence electrons. The van der Waals surface area contributed by atoms with Gasteiger partial charge in [-0.05, 0) is 30.9 Å². The fourth-order valence-corrected chi connectivity index (χ4v) is 5.14. The highest BCUT2D eigenvalue weighted by Gasteiger charge is 2.51. The second-order valence-electron chi connectivity index (χ2n) is 8.25. The average Bonchev–Trinajstić information content (AvgIpc) is 3.14. The quantitative estimate of drug-likeness (QED) is 0.771. The van der Waals surface area contributed by atoms with Gasteiger partial charge in [0.1, 0.15) is 0 Å². The standard InChI is InChI=1S/C21H31N3O2.2ClH/c25-19(17-6-2-1-3-7-17)15-23-10-12-24(13-11-23)20(26)21-9-5-4-8-18(21)14-22-16-21;;/h1-3,6-7,18-19,22,25H,4-5,8-16H2;2*1H/t18-,19?,21+;;/m0../s1. The summed E-state index contributed by atoms with van der Waals surface area (Å²) in [6, 6.07) is 9.84. The van der Waals surface area contributed by atoms with Gasteiger partial charge in [-0.15, -0.1) is 24.8 Å². The molecule has 3 aliphatic rings. The number of aliphatic hydroxyl groups is 1. The fraction of sp³-hybridized carbons (Fsp3) is 0.667. The lowest BCUT2D eigenvalue weighted by atomic mass is 9.67. The molecule has 0 bridgehead atoms. The van der Waals surface area contributed by atoms with Crippen molar-refractivity contribution < 1.29 is 9.90 Å². The number of rotatable bonds is 4. The smallest absolute Gasteiger partial charge is 0.230 e. The van der Waals surface area contributed by atoms with Crippen LogP contribution in [0.25, 0.3) is 0 Å². The van der Waals surface area contributed by atoms with Gasteiger partial charge in [0.15, 0.2) is 0 Å². The van der Waals surface area contributed by atoms with Crippen LogP contribution in [0, 0.1) is 11.3 Å². The van der Waals surface area contributed by atoms with E-state index in [1.54, 1.807) is 0 Å². The maximum Gasteiger partial charge on any atom is 0.230 e. The van der Waals surface area contributed by atoms with Gasteiger partial charge >= 0.3 is 0 Å². The normalized spacial score (nSPS) is 28.6. The van der Waals surface area contributed by atoms with Crippen LogP contribution >= 0.6 is 24.8 Å². The van der Waals surface area contributed by atoms with Gasteiger partial charge in [-0.1, -0.05) is 43.2 Å². The maximum absolute atomic E-state index is 13.3. The molecule has 1 saturated carbocycles. The van der Waals surface area contributed by atoms with E-state index < -0.39 is 6.10 Å². The third kappa shape index (κ3) is 4.65. The summed E-state index contributed by atoms with van der Waals surface area (Å²) in [7, 11) is 0. The van der Waals surface area contributed by atoms with E-state index >= 15 is 0 Å². The van der Waals surface area contributed by atoms with Crippen LogP contribution in [0.3, 0.4) is 0 Å². The molecule has 2 N–H and O–H groups in total. The van der Waals surface area contributed by atoms with Crippen LogP contribution in [0.2, 0.25) is 0 Å². The molecule has 0 aromatic heterocycles. The Hall–Kier alpha value is -0.850. The lowest BCUT2D eigenvalue weighted by molar-refractivity contribution is -0.147. The molecular formula is C21H33Cl2N3O2. The molecule has 1 aromatic carbocycles. The third-order valence-corrected chi connectivity index (χ3v) is 6.74. The SMILES string of the molecule is Cl.Cl.O=C(N1CCN(CC(O)c2ccccc2)CC1)[C@@]12CCCC[C@H]1CNC2. The van der Waals surface area contributed by atoms with E-state index in [0.29, 0.717) is 18.4 Å². The summed E-state index contributed by atoms with van der Waals surface area (Å²) in [6.07, 6.45) is 4.25. The van der Waals surface area contributed by atoms with E-state index in [-0.39, 0.29) is 30.2 Å². The Morgan fingerprint density at radius 1 is 1.14 bits per heavy atom. The molecule has 1 amide bonds. The number of benzene rings is 1. The molecule has 2 saturated heterocycles. The van der Waals surface area contributed by atoms with Gasteiger partial charge in [0.05, 0.1) is 11.5 Å². The Kier molecular flexibility index (Phi) is 8.59. The minimum absolute atomic E-state index is 0. The second kappa shape index (κ2) is 10.3. The molecule has 2 aliphatic heterocycles. The molecule has 3 fully saturated rings. The lowest BCUT2D eigenvalue weighted by Crippen LogP contribution is -2.56. The van der Waals surface area contributed by atoms with Gasteiger partial charge in [-0.25, -0.2) is 0 Å². The van der Waals surface area contributed by atoms with Crippen molar-refractivity contribution in [2.75, 3.05) is 45.8 Å². The van der Waals surface area contributed by atoms with E-state index in [4.69, 9.17) is 0 Å². The number of carbonyl (C=O) groups excluding carboxylic acids is 1. The molecule has 2 heterocycles. The minimum atomic E-state index is -0.459. The topological polar surface area (TPSA) is 55.8 Å². The first-order valence-corrected chi connectivity index (χ1v) is 10.1. The molecule has 3 atom stereocenters. The number of halogens is 2. The summed E-state index contributed by atoms with van der Waals surface area (Å²) in [5, 5.41) is 13.9. The summed E-state index contributed by atoms with van der Waals surface area (Å²) in [5.74, 6) is 0.914. The molecule has 0 spiro atoms. The molecule has 5 nitrogen and oxygen atoms in total. The van der Waals surface area contributed by atoms with E-state index in [9.17, 15) is 9.90 Å². The van der Waals surface area contributed by atoms with Crippen LogP contribution in [0.4, 0.5) is 0 Å². The lowest BCUT2D eigenvalue weighted by Gasteiger charge is -2.43. The fourth-order valence-electron chi connectivity index (χ4n) is 5.14. The van der Waals surface area contributed by atoms with E-state index in [1.165, 1.54) is 19.3 Å². The minimum Gasteiger partial charge on any atom is -0.387 e. The first-order valence-electron chi connectivity index (χ1n) is 10.1. The average molecular weight is 430 g/mol. The Bertz CT molecular complexity index is 625. The number of nitrogens with zero attached hydrogens (tertiary/aromatic N) is 2. The highest BCUT2D eigenvalue weighted by Crippen LogP contribution is 2.45. The van der Waals surface area contributed by atoms with Crippen molar-refractivity contribution in [2.24, 2.45) is 11.3 Å². The predicted molar refractivity (Wildman–Crippen MR) is 116 cm³/mol. The number of carbonyl (C=O) groups is 1. The van der Waals surface area contributed by atoms with Crippen LogP contribution in [0.15, 0.2) is 30.3 Å². The Labute approximate surface area is 180 Å². The predicted octanol–water partition coefficient (Wildman–Crippen LogP) is 2.49. The first-order chi connectivity index (χ1) is 12.7. The molecule has 0 radical (unpaired) electrons. The number of fused-ring (bicyclic) bond motifs is 1. The van der Waals surface area contributed by atoms with E-state index in [2.05, 4.69) is 15.1 Å². The van der Waals surface area contributed by atoms with Gasteiger partial charge in [0, 0.05) is 39.3 Å². The molecular weight excluding hydrogens is 397 g/mol. The molecule has 28 heavy (non-hydrogen) atoms. The van der Waals surface area contributed by atoms with Crippen molar-refractivity contribution in [3.05, 3.63) is 35.9 Å². The Balaban J connectivity index is 0.00000140. The molecule has 7 heteroatoms. The Morgan fingerprint density at radius 3 is 2.57 bits per heavy atom. The zero-order valence-corrected chi connectivity index (χ0v) is 18.0. The van der Waals surface area contributed by atoms with Crippen LogP contribution in [0.5, 0.6) is 0 Å². The number of piperazine rings is 1. The number of hydrogen-bond acceptors (Lipinski definition) is 4. The molecule has 4 rings (SSSR count). The molecule has 1 aliphatic carbocycles. The zero-order valence-electron chi connectivity index (χ0n) is 16.4. The second-order valence-corrected chi connectivity index (χ2v) is 8.25. The maximum atomic E-state index is 13.3. The molecule has 1 aromatic rings. The first kappa shape index (κ1) is 23.4. The highest BCUT2D eigenvalue weighted by atomic mass is 35.5. The Morgan fingerprint density at radius 2 is 1.86 bits per heavy atom. The largest absolute Gasteiger partial charge is 0.387 e. The summed E-state index contributed by atoms with van der Waals surface area (Å²) in [4.78, 5) is 17.7. The highest BCUT2D eigenvalue weighted by molar-refractivity contribution is 5.85. The number of β-amino-alcohol motifs (C(OH)–C–C–N with tert-alkyl or cyclic N) is 1. The number of amides is 1. The van der Waals surface area contributed by atoms with Crippen molar-refractivity contribution in [3.8, 4) is 0 Å². The summed E-state index contributed by atoms with van der Waals surface area (Å²) in [6.45, 7) is 5.79. The van der Waals surface area contributed by atoms with Crippen molar-refractivity contribution in [2.45, 2.75) is 31.8 Å². The van der Waals surface area contributed by atoms with Gasteiger partial charge in [-0.3, -0.25) is 9.69 Å². The van der Waals surface area contributed by atoms with Crippen LogP contribution in [0.1, 0.15) is 37.4 Å². The van der Waals surface area contributed by atoms with Gasteiger partial charge < -0.3 is 15.3 Å². The van der Waals surface area contributed by atoms with E-state index in [1.807, 2.05) is 30.3 Å². The summed E-state index contributed by atoms with van der Waals surface area (Å²) < 4.78 is 0. The number of aliphatic hydroxyl groups excluding tert-OH is 1. The van der Waals surface area contributed by atoms with Gasteiger partial charge in [0.25, 0.3) is 0 Å². The van der Waals surface area contributed by atoms with Gasteiger partial charge in [0.2, 0.25) is 5.91 Å². The third-order valence-electron chi connectivity index (χ3n) is 6.74. The van der Waals surface area contributed by atoms with Crippen LogP contribution in [-0.4, -0.2) is 66.6 Å². The monoisotopic (exact) mass is 429 g/mol. The summed E-state index contributed by atoms with van der Waals surface area (Å²) >= 11 is 0. The van der Waals surface area contributed by atoms with Crippen LogP contribution < -0.4 is 5.32 Å². The number of hydrogen-bond donors (Lipinski definition) is 2. The van der Waals surface area contributed by atoms with Crippen molar-refractivity contribution in [1.29, 1.82) is 0 Å². The number of nitrogens with one attached hydrogen (secondary N) is 1. The van der Waals surface area contributed by atoms with Crippen molar-refractivity contribution in [3.63, 3.8) is 0 Å². The van der Waals surface area contributed by atoms with Crippen molar-refractivity contribution in [1.82, 2.24) is 15.1 Å². The van der Waals surface area contributed by atoms with E-state index in [0.717, 1.165) is 51.3 Å². The van der Waals surface area contributed by atoms with Crippen molar-refractivity contribution >= 4 is 30.7 Å². The van der Waals surface area contributed by atoms with Crippen LogP contribution in [-0.2, 0) is 4.79 Å². The van der Waals surface area contributed by atoms with Gasteiger partial charge in [-0.2, -0.15) is 0 Å². The molecule has 1 unspecified atom stereocenters. The zero-order chi connectivity index (χ0) is 18.0. The summed E-state index contributed by atoms with van der Waals surface area (Å²) in [5.41, 5.74) is 0.830.